The van der Waals surface area contributed by atoms with Crippen molar-refractivity contribution in [3.05, 3.63) is 34.5 Å². The van der Waals surface area contributed by atoms with Gasteiger partial charge in [-0.15, -0.1) is 0 Å². The van der Waals surface area contributed by atoms with Crippen LogP contribution < -0.4 is 4.72 Å². The van der Waals surface area contributed by atoms with Gasteiger partial charge in [0.15, 0.2) is 0 Å². The predicted octanol–water partition coefficient (Wildman–Crippen LogP) is 2.14. The van der Waals surface area contributed by atoms with Crippen LogP contribution in [0.3, 0.4) is 0 Å². The quantitative estimate of drug-likeness (QED) is 0.935. The molecule has 8 heteroatoms. The number of halogens is 1. The van der Waals surface area contributed by atoms with Crippen LogP contribution in [0.25, 0.3) is 0 Å². The summed E-state index contributed by atoms with van der Waals surface area (Å²) in [5.41, 5.74) is 1.16. The SMILES string of the molecule is Cc1ccc(S(=O)(=O)Nc2nonc2C)cc1Cl. The van der Waals surface area contributed by atoms with E-state index in [9.17, 15) is 8.42 Å². The zero-order valence-electron chi connectivity index (χ0n) is 9.64. The van der Waals surface area contributed by atoms with Crippen molar-refractivity contribution in [1.29, 1.82) is 0 Å². The number of benzene rings is 1. The lowest BCUT2D eigenvalue weighted by molar-refractivity contribution is 0.306. The van der Waals surface area contributed by atoms with E-state index in [1.807, 2.05) is 0 Å². The summed E-state index contributed by atoms with van der Waals surface area (Å²) in [6.45, 7) is 3.37. The highest BCUT2D eigenvalue weighted by atomic mass is 35.5. The van der Waals surface area contributed by atoms with Crippen LogP contribution in [0.5, 0.6) is 0 Å². The summed E-state index contributed by atoms with van der Waals surface area (Å²) in [7, 11) is -3.74. The van der Waals surface area contributed by atoms with Crippen LogP contribution in [0.1, 0.15) is 11.3 Å². The fraction of sp³-hybridized carbons (Fsp3) is 0.200. The monoisotopic (exact) mass is 287 g/mol. The molecule has 1 aromatic heterocycles. The summed E-state index contributed by atoms with van der Waals surface area (Å²) in [6, 6.07) is 4.47. The van der Waals surface area contributed by atoms with E-state index in [-0.39, 0.29) is 10.7 Å². The first-order chi connectivity index (χ1) is 8.40. The smallest absolute Gasteiger partial charge is 0.259 e. The van der Waals surface area contributed by atoms with E-state index < -0.39 is 10.0 Å². The van der Waals surface area contributed by atoms with E-state index in [2.05, 4.69) is 19.7 Å². The van der Waals surface area contributed by atoms with Crippen molar-refractivity contribution in [1.82, 2.24) is 10.3 Å². The molecule has 0 aliphatic rings. The number of aryl methyl sites for hydroxylation is 2. The largest absolute Gasteiger partial charge is 0.263 e. The third-order valence-corrected chi connectivity index (χ3v) is 4.08. The average molecular weight is 288 g/mol. The highest BCUT2D eigenvalue weighted by molar-refractivity contribution is 7.92. The maximum absolute atomic E-state index is 12.0. The zero-order chi connectivity index (χ0) is 13.3. The lowest BCUT2D eigenvalue weighted by Gasteiger charge is -2.06. The van der Waals surface area contributed by atoms with Gasteiger partial charge in [0.05, 0.1) is 4.90 Å². The fourth-order valence-corrected chi connectivity index (χ4v) is 2.57. The summed E-state index contributed by atoms with van der Waals surface area (Å²) in [4.78, 5) is 0.0560. The molecule has 1 aromatic carbocycles. The minimum Gasteiger partial charge on any atom is -0.259 e. The van der Waals surface area contributed by atoms with Crippen molar-refractivity contribution < 1.29 is 13.0 Å². The molecule has 0 amide bonds. The highest BCUT2D eigenvalue weighted by Crippen LogP contribution is 2.22. The lowest BCUT2D eigenvalue weighted by atomic mass is 10.2. The second-order valence-electron chi connectivity index (χ2n) is 3.71. The van der Waals surface area contributed by atoms with E-state index in [1.54, 1.807) is 19.9 Å². The van der Waals surface area contributed by atoms with Crippen LogP contribution in [-0.4, -0.2) is 18.7 Å². The van der Waals surface area contributed by atoms with E-state index in [0.29, 0.717) is 10.7 Å². The third-order valence-electron chi connectivity index (χ3n) is 2.34. The Kier molecular flexibility index (Phi) is 3.27. The second kappa shape index (κ2) is 4.58. The number of anilines is 1. The van der Waals surface area contributed by atoms with Crippen LogP contribution in [-0.2, 0) is 10.0 Å². The van der Waals surface area contributed by atoms with Gasteiger partial charge in [0.2, 0.25) is 5.82 Å². The maximum atomic E-state index is 12.0. The normalized spacial score (nSPS) is 11.5. The molecule has 0 unspecified atom stereocenters. The number of aromatic nitrogens is 2. The van der Waals surface area contributed by atoms with Crippen LogP contribution in [0.15, 0.2) is 27.7 Å². The molecule has 2 aromatic rings. The van der Waals surface area contributed by atoms with Gasteiger partial charge in [0.1, 0.15) is 5.69 Å². The van der Waals surface area contributed by atoms with Crippen LogP contribution >= 0.6 is 11.6 Å². The first kappa shape index (κ1) is 12.8. The van der Waals surface area contributed by atoms with Gasteiger partial charge in [0.25, 0.3) is 10.0 Å². The Morgan fingerprint density at radius 2 is 2.00 bits per heavy atom. The molecular weight excluding hydrogens is 278 g/mol. The summed E-state index contributed by atoms with van der Waals surface area (Å²) >= 11 is 5.89. The van der Waals surface area contributed by atoms with Crippen LogP contribution in [0.2, 0.25) is 5.02 Å². The Morgan fingerprint density at radius 3 is 2.56 bits per heavy atom. The van der Waals surface area contributed by atoms with Crippen molar-refractivity contribution in [2.45, 2.75) is 18.7 Å². The molecule has 0 radical (unpaired) electrons. The minimum atomic E-state index is -3.74. The minimum absolute atomic E-state index is 0.0560. The summed E-state index contributed by atoms with van der Waals surface area (Å²) in [5.74, 6) is 0.0618. The summed E-state index contributed by atoms with van der Waals surface area (Å²) in [5, 5.41) is 7.33. The molecule has 0 aliphatic heterocycles. The van der Waals surface area contributed by atoms with Crippen molar-refractivity contribution in [2.75, 3.05) is 4.72 Å². The average Bonchev–Trinajstić information content (AvgIpc) is 2.67. The summed E-state index contributed by atoms with van der Waals surface area (Å²) in [6.07, 6.45) is 0. The molecule has 96 valence electrons. The topological polar surface area (TPSA) is 85.1 Å². The van der Waals surface area contributed by atoms with Crippen LogP contribution in [0.4, 0.5) is 5.82 Å². The molecular formula is C10H10ClN3O3S. The highest BCUT2D eigenvalue weighted by Gasteiger charge is 2.18. The number of nitrogens with one attached hydrogen (secondary N) is 1. The molecule has 1 heterocycles. The Labute approximate surface area is 109 Å². The molecule has 1 N–H and O–H groups in total. The van der Waals surface area contributed by atoms with Gasteiger partial charge in [-0.25, -0.2) is 13.0 Å². The van der Waals surface area contributed by atoms with Crippen molar-refractivity contribution in [2.24, 2.45) is 0 Å². The van der Waals surface area contributed by atoms with Gasteiger partial charge in [-0.1, -0.05) is 22.8 Å². The molecule has 6 nitrogen and oxygen atoms in total. The molecule has 0 saturated carbocycles. The van der Waals surface area contributed by atoms with Gasteiger partial charge in [-0.05, 0) is 36.7 Å². The molecule has 0 aliphatic carbocycles. The van der Waals surface area contributed by atoms with Gasteiger partial charge in [0, 0.05) is 5.02 Å². The fourth-order valence-electron chi connectivity index (χ4n) is 1.25. The summed E-state index contributed by atoms with van der Waals surface area (Å²) < 4.78 is 30.8. The predicted molar refractivity (Wildman–Crippen MR) is 66.0 cm³/mol. The number of hydrogen-bond donors (Lipinski definition) is 1. The van der Waals surface area contributed by atoms with Gasteiger partial charge >= 0.3 is 0 Å². The second-order valence-corrected chi connectivity index (χ2v) is 5.80. The zero-order valence-corrected chi connectivity index (χ0v) is 11.2. The van der Waals surface area contributed by atoms with E-state index >= 15 is 0 Å². The van der Waals surface area contributed by atoms with E-state index in [0.717, 1.165) is 5.56 Å². The van der Waals surface area contributed by atoms with E-state index in [4.69, 9.17) is 11.6 Å². The molecule has 2 rings (SSSR count). The van der Waals surface area contributed by atoms with Gasteiger partial charge in [-0.3, -0.25) is 4.72 Å². The standard InChI is InChI=1S/C10H10ClN3O3S/c1-6-3-4-8(5-9(6)11)18(15,16)14-10-7(2)12-17-13-10/h3-5H,1-2H3,(H,13,14). The third kappa shape index (κ3) is 2.46. The van der Waals surface area contributed by atoms with Crippen LogP contribution in [0, 0.1) is 13.8 Å². The van der Waals surface area contributed by atoms with Gasteiger partial charge < -0.3 is 0 Å². The molecule has 0 fully saturated rings. The number of sulfonamides is 1. The molecule has 0 saturated heterocycles. The Balaban J connectivity index is 2.37. The lowest BCUT2D eigenvalue weighted by Crippen LogP contribution is -2.14. The maximum Gasteiger partial charge on any atom is 0.263 e. The number of nitrogens with zero attached hydrogens (tertiary/aromatic N) is 2. The first-order valence-electron chi connectivity index (χ1n) is 4.98. The molecule has 0 atom stereocenters. The first-order valence-corrected chi connectivity index (χ1v) is 6.84. The van der Waals surface area contributed by atoms with Crippen molar-refractivity contribution >= 4 is 27.4 Å². The van der Waals surface area contributed by atoms with Crippen molar-refractivity contribution in [3.63, 3.8) is 0 Å². The Morgan fingerprint density at radius 1 is 1.28 bits per heavy atom. The van der Waals surface area contributed by atoms with Crippen molar-refractivity contribution in [3.8, 4) is 0 Å². The molecule has 0 spiro atoms. The number of rotatable bonds is 3. The Bertz CT molecular complexity index is 681. The molecule has 18 heavy (non-hydrogen) atoms. The number of hydrogen-bond acceptors (Lipinski definition) is 5. The van der Waals surface area contributed by atoms with Gasteiger partial charge in [-0.2, -0.15) is 0 Å². The Hall–Kier alpha value is -1.60. The molecule has 0 bridgehead atoms. The van der Waals surface area contributed by atoms with E-state index in [1.165, 1.54) is 12.1 Å².